The van der Waals surface area contributed by atoms with Crippen LogP contribution in [0.1, 0.15) is 63.8 Å². The maximum atomic E-state index is 6.25. The van der Waals surface area contributed by atoms with E-state index in [0.717, 1.165) is 14.3 Å². The summed E-state index contributed by atoms with van der Waals surface area (Å²) < 4.78 is 1.04. The van der Waals surface area contributed by atoms with Crippen LogP contribution in [0.2, 0.25) is 10.0 Å². The third-order valence-electron chi connectivity index (χ3n) is 7.45. The molecule has 5 heteroatoms. The molecule has 0 heterocycles. The van der Waals surface area contributed by atoms with Gasteiger partial charge in [-0.3, -0.25) is 0 Å². The topological polar surface area (TPSA) is 0 Å². The molecule has 44 heavy (non-hydrogen) atoms. The molecule has 0 aliphatic rings. The van der Waals surface area contributed by atoms with Crippen molar-refractivity contribution in [3.8, 4) is 0 Å². The fourth-order valence-electron chi connectivity index (χ4n) is 4.87. The third kappa shape index (κ3) is 9.28. The number of hydrogen-bond acceptors (Lipinski definition) is 0. The molecule has 0 aromatic heterocycles. The largest absolute Gasteiger partial charge is 0.214 e. The van der Waals surface area contributed by atoms with Crippen molar-refractivity contribution in [3.63, 3.8) is 0 Å². The molecule has 0 fully saturated rings. The van der Waals surface area contributed by atoms with Crippen molar-refractivity contribution in [2.75, 3.05) is 0 Å². The summed E-state index contributed by atoms with van der Waals surface area (Å²) >= 11 is 9.20. The Balaban J connectivity index is 0.000000175. The molecular weight excluding hydrogens is 701 g/mol. The van der Waals surface area contributed by atoms with Crippen molar-refractivity contribution in [2.24, 2.45) is 0 Å². The Bertz CT molecular complexity index is 1690. The van der Waals surface area contributed by atoms with E-state index in [1.54, 1.807) is 0 Å². The molecule has 0 N–H and O–H groups in total. The SMILES string of the molecule is CC(C)(C)c1ccc2[cH-]c3ccc(C(C)(C)C)cc3c2c1.Clc1ccc([C](c2ccc(Cl)cc2)=[Zr]([Cl])[Cl])cc1.c1cc[cH-]c1. The molecule has 6 rings (SSSR count). The Morgan fingerprint density at radius 1 is 0.568 bits per heavy atom. The summed E-state index contributed by atoms with van der Waals surface area (Å²) in [6, 6.07) is 41.3. The molecule has 6 aromatic carbocycles. The van der Waals surface area contributed by atoms with E-state index in [1.807, 2.05) is 78.9 Å². The van der Waals surface area contributed by atoms with E-state index >= 15 is 0 Å². The molecule has 0 saturated carbocycles. The average molecular weight is 740 g/mol. The van der Waals surface area contributed by atoms with E-state index in [4.69, 9.17) is 40.2 Å². The summed E-state index contributed by atoms with van der Waals surface area (Å²) in [5.74, 6) is 0. The van der Waals surface area contributed by atoms with Gasteiger partial charge in [-0.15, -0.1) is 39.7 Å². The first-order chi connectivity index (χ1) is 20.7. The zero-order valence-electron chi connectivity index (χ0n) is 26.1. The average Bonchev–Trinajstić information content (AvgIpc) is 3.66. The van der Waals surface area contributed by atoms with Gasteiger partial charge in [0.15, 0.2) is 0 Å². The minimum atomic E-state index is -2.57. The van der Waals surface area contributed by atoms with E-state index in [9.17, 15) is 0 Å². The van der Waals surface area contributed by atoms with Crippen LogP contribution in [0.15, 0.2) is 121 Å². The molecule has 0 atom stereocenters. The molecule has 0 amide bonds. The predicted molar refractivity (Wildman–Crippen MR) is 194 cm³/mol. The molecule has 228 valence electrons. The first-order valence-corrected chi connectivity index (χ1v) is 22.9. The normalized spacial score (nSPS) is 11.4. The van der Waals surface area contributed by atoms with Crippen LogP contribution in [0.5, 0.6) is 0 Å². The van der Waals surface area contributed by atoms with Crippen molar-refractivity contribution in [1.29, 1.82) is 0 Å². The number of rotatable bonds is 2. The summed E-state index contributed by atoms with van der Waals surface area (Å²) in [5, 5.41) is 6.88. The van der Waals surface area contributed by atoms with Gasteiger partial charge in [-0.05, 0) is 10.8 Å². The molecule has 0 unspecified atom stereocenters. The van der Waals surface area contributed by atoms with E-state index in [0.29, 0.717) is 10.0 Å². The van der Waals surface area contributed by atoms with Gasteiger partial charge in [-0.1, -0.05) is 76.9 Å². The summed E-state index contributed by atoms with van der Waals surface area (Å²) in [7, 11) is 12.5. The van der Waals surface area contributed by atoms with Gasteiger partial charge in [-0.25, -0.2) is 12.1 Å². The van der Waals surface area contributed by atoms with Gasteiger partial charge in [0.1, 0.15) is 0 Å². The van der Waals surface area contributed by atoms with Gasteiger partial charge < -0.3 is 0 Å². The smallest absolute Gasteiger partial charge is 0.172 e. The van der Waals surface area contributed by atoms with Crippen molar-refractivity contribution in [1.82, 2.24) is 0 Å². The molecule has 0 spiro atoms. The van der Waals surface area contributed by atoms with Gasteiger partial charge in [0, 0.05) is 0 Å². The summed E-state index contributed by atoms with van der Waals surface area (Å²) in [6.07, 6.45) is 0. The number of halogens is 4. The molecule has 0 aliphatic carbocycles. The molecule has 0 saturated heterocycles. The predicted octanol–water partition coefficient (Wildman–Crippen LogP) is 13.2. The Kier molecular flexibility index (Phi) is 11.9. The quantitative estimate of drug-likeness (QED) is 0.155. The molecule has 6 aromatic rings. The number of benzene rings is 4. The van der Waals surface area contributed by atoms with Crippen LogP contribution in [-0.2, 0) is 29.7 Å². The van der Waals surface area contributed by atoms with E-state index in [-0.39, 0.29) is 10.8 Å². The van der Waals surface area contributed by atoms with E-state index < -0.39 is 18.9 Å². The molecule has 0 radical (unpaired) electrons. The van der Waals surface area contributed by atoms with Crippen LogP contribution < -0.4 is 0 Å². The first-order valence-electron chi connectivity index (χ1n) is 14.6. The van der Waals surface area contributed by atoms with Crippen LogP contribution in [-0.4, -0.2) is 3.21 Å². The second-order valence-electron chi connectivity index (χ2n) is 12.9. The second kappa shape index (κ2) is 15.1. The Morgan fingerprint density at radius 2 is 0.955 bits per heavy atom. The van der Waals surface area contributed by atoms with Gasteiger partial charge in [0.2, 0.25) is 0 Å². The van der Waals surface area contributed by atoms with E-state index in [2.05, 4.69) is 84.0 Å². The Hall–Kier alpha value is -1.99. The molecule has 0 bridgehead atoms. The van der Waals surface area contributed by atoms with Crippen molar-refractivity contribution in [3.05, 3.63) is 154 Å². The van der Waals surface area contributed by atoms with Crippen LogP contribution in [0.3, 0.4) is 0 Å². The van der Waals surface area contributed by atoms with E-state index in [1.165, 1.54) is 32.7 Å². The van der Waals surface area contributed by atoms with Gasteiger partial charge in [-0.2, -0.15) is 18.2 Å². The Labute approximate surface area is 287 Å². The van der Waals surface area contributed by atoms with Gasteiger partial charge in [0.05, 0.1) is 0 Å². The summed E-state index contributed by atoms with van der Waals surface area (Å²) in [6.45, 7) is 13.7. The molecular formula is C39H38Cl4Zr-2. The summed E-state index contributed by atoms with van der Waals surface area (Å²) in [4.78, 5) is 0. The fraction of sp³-hybridized carbons (Fsp3) is 0.205. The zero-order valence-corrected chi connectivity index (χ0v) is 31.5. The van der Waals surface area contributed by atoms with Gasteiger partial charge in [0.25, 0.3) is 0 Å². The maximum absolute atomic E-state index is 6.25. The second-order valence-corrected chi connectivity index (χ2v) is 21.9. The van der Waals surface area contributed by atoms with Crippen LogP contribution in [0, 0.1) is 0 Å². The summed E-state index contributed by atoms with van der Waals surface area (Å²) in [5.41, 5.74) is 5.26. The molecule has 0 aliphatic heterocycles. The van der Waals surface area contributed by atoms with Crippen LogP contribution >= 0.6 is 40.2 Å². The monoisotopic (exact) mass is 736 g/mol. The standard InChI is InChI=1S/C21H25.C13H8Cl2.C5H5.2ClH.Zr/c1-20(2,3)16-9-7-14-11-15-8-10-17(21(4,5)6)13-19(15)18(14)12-16;14-12-5-1-10(2-6-12)9-11-3-7-13(15)8-4-11;1-2-4-5-3-1;;;/h7-13H,1-6H3;1-8H;1-5H;2*1H;/q-1;;-1;;;+2/p-2. The molecule has 0 nitrogen and oxygen atoms in total. The maximum Gasteiger partial charge on any atom is -0.172 e. The Morgan fingerprint density at radius 3 is 1.25 bits per heavy atom. The van der Waals surface area contributed by atoms with Gasteiger partial charge >= 0.3 is 132 Å². The van der Waals surface area contributed by atoms with Crippen LogP contribution in [0.4, 0.5) is 0 Å². The number of hydrogen-bond donors (Lipinski definition) is 0. The minimum Gasteiger partial charge on any atom is -0.214 e. The third-order valence-corrected chi connectivity index (χ3v) is 12.5. The minimum absolute atomic E-state index is 0.194. The van der Waals surface area contributed by atoms with Crippen molar-refractivity contribution < 1.29 is 18.9 Å². The number of fused-ring (bicyclic) bond motifs is 3. The van der Waals surface area contributed by atoms with Crippen molar-refractivity contribution >= 4 is 65.0 Å². The zero-order chi connectivity index (χ0) is 32.1. The van der Waals surface area contributed by atoms with Crippen molar-refractivity contribution in [2.45, 2.75) is 52.4 Å². The fourth-order valence-corrected chi connectivity index (χ4v) is 9.60. The van der Waals surface area contributed by atoms with Crippen LogP contribution in [0.25, 0.3) is 21.5 Å². The first kappa shape index (κ1) is 34.9.